The summed E-state index contributed by atoms with van der Waals surface area (Å²) in [5.74, 6) is 0.770. The first-order valence-electron chi connectivity index (χ1n) is 4.98. The second-order valence-corrected chi connectivity index (χ2v) is 4.65. The van der Waals surface area contributed by atoms with Crippen LogP contribution in [0.25, 0.3) is 0 Å². The zero-order chi connectivity index (χ0) is 9.19. The first kappa shape index (κ1) is 10.0. The Morgan fingerprint density at radius 1 is 1.42 bits per heavy atom. The van der Waals surface area contributed by atoms with Gasteiger partial charge in [0.2, 0.25) is 0 Å². The molecule has 1 aliphatic rings. The highest BCUT2D eigenvalue weighted by molar-refractivity contribution is 4.84. The van der Waals surface area contributed by atoms with Crippen molar-refractivity contribution >= 4 is 0 Å². The molecule has 0 heterocycles. The van der Waals surface area contributed by atoms with Gasteiger partial charge in [-0.05, 0) is 26.2 Å². The summed E-state index contributed by atoms with van der Waals surface area (Å²) in [6.45, 7) is 3.60. The molecule has 1 atom stereocenters. The lowest BCUT2D eigenvalue weighted by Gasteiger charge is -2.27. The average molecular weight is 171 g/mol. The second-order valence-electron chi connectivity index (χ2n) is 4.65. The van der Waals surface area contributed by atoms with Crippen molar-refractivity contribution in [2.24, 2.45) is 11.7 Å². The maximum Gasteiger partial charge on any atom is 0.0742 e. The Bertz CT molecular complexity index is 133. The fourth-order valence-corrected chi connectivity index (χ4v) is 1.89. The van der Waals surface area contributed by atoms with Gasteiger partial charge in [-0.25, -0.2) is 0 Å². The van der Waals surface area contributed by atoms with Crippen LogP contribution in [0, 0.1) is 5.92 Å². The molecule has 1 unspecified atom stereocenters. The van der Waals surface area contributed by atoms with Crippen LogP contribution in [0.15, 0.2) is 0 Å². The highest BCUT2D eigenvalue weighted by atomic mass is 16.3. The van der Waals surface area contributed by atoms with E-state index in [9.17, 15) is 5.11 Å². The third-order valence-corrected chi connectivity index (χ3v) is 2.97. The van der Waals surface area contributed by atoms with Gasteiger partial charge in [0.15, 0.2) is 0 Å². The van der Waals surface area contributed by atoms with Crippen molar-refractivity contribution in [3.05, 3.63) is 0 Å². The van der Waals surface area contributed by atoms with Gasteiger partial charge in [0.05, 0.1) is 5.60 Å². The molecule has 72 valence electrons. The van der Waals surface area contributed by atoms with Crippen LogP contribution >= 0.6 is 0 Å². The maximum absolute atomic E-state index is 9.62. The lowest BCUT2D eigenvalue weighted by atomic mass is 9.89. The molecule has 0 spiro atoms. The van der Waals surface area contributed by atoms with Crippen molar-refractivity contribution in [2.75, 3.05) is 0 Å². The van der Waals surface area contributed by atoms with Crippen LogP contribution in [0.2, 0.25) is 0 Å². The highest BCUT2D eigenvalue weighted by Crippen LogP contribution is 2.30. The normalized spacial score (nSPS) is 23.0. The molecule has 1 fully saturated rings. The SMILES string of the molecule is CC(C)(O)C(N)CC1CCCC1. The minimum Gasteiger partial charge on any atom is -0.389 e. The molecule has 1 saturated carbocycles. The standard InChI is InChI=1S/C10H21NO/c1-10(2,12)9(11)7-8-5-3-4-6-8/h8-9,12H,3-7,11H2,1-2H3. The van der Waals surface area contributed by atoms with Gasteiger partial charge in [-0.3, -0.25) is 0 Å². The Labute approximate surface area is 75.2 Å². The van der Waals surface area contributed by atoms with Gasteiger partial charge >= 0.3 is 0 Å². The van der Waals surface area contributed by atoms with Crippen LogP contribution in [0.1, 0.15) is 46.0 Å². The molecule has 12 heavy (non-hydrogen) atoms. The van der Waals surface area contributed by atoms with Gasteiger partial charge in [-0.2, -0.15) is 0 Å². The average Bonchev–Trinajstić information content (AvgIpc) is 2.37. The van der Waals surface area contributed by atoms with E-state index in [4.69, 9.17) is 5.73 Å². The van der Waals surface area contributed by atoms with Crippen LogP contribution in [0.4, 0.5) is 0 Å². The second kappa shape index (κ2) is 3.75. The lowest BCUT2D eigenvalue weighted by Crippen LogP contribution is -2.43. The Kier molecular flexibility index (Phi) is 3.13. The van der Waals surface area contributed by atoms with Gasteiger partial charge in [0.1, 0.15) is 0 Å². The number of rotatable bonds is 3. The monoisotopic (exact) mass is 171 g/mol. The molecule has 2 nitrogen and oxygen atoms in total. The van der Waals surface area contributed by atoms with Gasteiger partial charge in [0, 0.05) is 6.04 Å². The smallest absolute Gasteiger partial charge is 0.0742 e. The van der Waals surface area contributed by atoms with Gasteiger partial charge in [-0.15, -0.1) is 0 Å². The van der Waals surface area contributed by atoms with E-state index in [0.29, 0.717) is 0 Å². The molecule has 0 aromatic carbocycles. The van der Waals surface area contributed by atoms with Crippen LogP contribution in [0.3, 0.4) is 0 Å². The van der Waals surface area contributed by atoms with Crippen molar-refractivity contribution in [3.8, 4) is 0 Å². The summed E-state index contributed by atoms with van der Waals surface area (Å²) in [7, 11) is 0. The van der Waals surface area contributed by atoms with E-state index in [0.717, 1.165) is 12.3 Å². The van der Waals surface area contributed by atoms with Crippen LogP contribution < -0.4 is 5.73 Å². The fraction of sp³-hybridized carbons (Fsp3) is 1.00. The number of aliphatic hydroxyl groups is 1. The molecule has 0 bridgehead atoms. The number of nitrogens with two attached hydrogens (primary N) is 1. The van der Waals surface area contributed by atoms with E-state index in [1.54, 1.807) is 13.8 Å². The van der Waals surface area contributed by atoms with E-state index in [1.807, 2.05) is 0 Å². The largest absolute Gasteiger partial charge is 0.389 e. The molecule has 0 aromatic heterocycles. The Morgan fingerprint density at radius 3 is 2.33 bits per heavy atom. The topological polar surface area (TPSA) is 46.2 Å². The predicted molar refractivity (Wildman–Crippen MR) is 50.8 cm³/mol. The van der Waals surface area contributed by atoms with E-state index >= 15 is 0 Å². The molecular weight excluding hydrogens is 150 g/mol. The number of hydrogen-bond donors (Lipinski definition) is 2. The third-order valence-electron chi connectivity index (χ3n) is 2.97. The van der Waals surface area contributed by atoms with E-state index in [1.165, 1.54) is 25.7 Å². The van der Waals surface area contributed by atoms with Crippen molar-refractivity contribution < 1.29 is 5.11 Å². The zero-order valence-corrected chi connectivity index (χ0v) is 8.21. The molecule has 0 radical (unpaired) electrons. The molecule has 0 aliphatic heterocycles. The van der Waals surface area contributed by atoms with Gasteiger partial charge in [0.25, 0.3) is 0 Å². The molecule has 2 heteroatoms. The van der Waals surface area contributed by atoms with Crippen LogP contribution in [-0.4, -0.2) is 16.7 Å². The quantitative estimate of drug-likeness (QED) is 0.678. The Morgan fingerprint density at radius 2 is 1.92 bits per heavy atom. The van der Waals surface area contributed by atoms with Crippen LogP contribution in [0.5, 0.6) is 0 Å². The summed E-state index contributed by atoms with van der Waals surface area (Å²) in [5, 5.41) is 9.62. The van der Waals surface area contributed by atoms with Crippen molar-refractivity contribution in [3.63, 3.8) is 0 Å². The van der Waals surface area contributed by atoms with E-state index in [2.05, 4.69) is 0 Å². The molecule has 0 aromatic rings. The Balaban J connectivity index is 2.30. The third kappa shape index (κ3) is 2.76. The molecule has 3 N–H and O–H groups in total. The molecular formula is C10H21NO. The molecule has 0 saturated heterocycles. The predicted octanol–water partition coefficient (Wildman–Crippen LogP) is 1.66. The van der Waals surface area contributed by atoms with E-state index < -0.39 is 5.60 Å². The van der Waals surface area contributed by atoms with E-state index in [-0.39, 0.29) is 6.04 Å². The summed E-state index contributed by atoms with van der Waals surface area (Å²) in [5.41, 5.74) is 5.17. The van der Waals surface area contributed by atoms with Crippen LogP contribution in [-0.2, 0) is 0 Å². The minimum atomic E-state index is -0.706. The van der Waals surface area contributed by atoms with Gasteiger partial charge < -0.3 is 10.8 Å². The molecule has 1 rings (SSSR count). The Hall–Kier alpha value is -0.0800. The first-order chi connectivity index (χ1) is 5.50. The maximum atomic E-state index is 9.62. The van der Waals surface area contributed by atoms with Crippen molar-refractivity contribution in [1.29, 1.82) is 0 Å². The fourth-order valence-electron chi connectivity index (χ4n) is 1.89. The summed E-state index contributed by atoms with van der Waals surface area (Å²) in [6.07, 6.45) is 6.31. The van der Waals surface area contributed by atoms with Gasteiger partial charge in [-0.1, -0.05) is 25.7 Å². The summed E-state index contributed by atoms with van der Waals surface area (Å²) < 4.78 is 0. The highest BCUT2D eigenvalue weighted by Gasteiger charge is 2.27. The summed E-state index contributed by atoms with van der Waals surface area (Å²) in [6, 6.07) is -0.0550. The lowest BCUT2D eigenvalue weighted by molar-refractivity contribution is 0.0434. The van der Waals surface area contributed by atoms with Crippen molar-refractivity contribution in [2.45, 2.75) is 57.6 Å². The summed E-state index contributed by atoms with van der Waals surface area (Å²) >= 11 is 0. The van der Waals surface area contributed by atoms with Crippen molar-refractivity contribution in [1.82, 2.24) is 0 Å². The number of hydrogen-bond acceptors (Lipinski definition) is 2. The summed E-state index contributed by atoms with van der Waals surface area (Å²) in [4.78, 5) is 0. The zero-order valence-electron chi connectivity index (χ0n) is 8.21. The molecule has 0 amide bonds. The molecule has 1 aliphatic carbocycles. The minimum absolute atomic E-state index is 0.0550. The first-order valence-corrected chi connectivity index (χ1v) is 4.98.